The first-order valence-corrected chi connectivity index (χ1v) is 13.1. The van der Waals surface area contributed by atoms with Gasteiger partial charge < -0.3 is 30.2 Å². The van der Waals surface area contributed by atoms with Crippen molar-refractivity contribution in [1.82, 2.24) is 24.6 Å². The molecule has 3 heterocycles. The molecule has 38 heavy (non-hydrogen) atoms. The number of nitrogen functional groups attached to an aromatic ring is 1. The Morgan fingerprint density at radius 2 is 2.11 bits per heavy atom. The summed E-state index contributed by atoms with van der Waals surface area (Å²) in [5.74, 6) is -0.411. The van der Waals surface area contributed by atoms with Crippen LogP contribution in [0.3, 0.4) is 0 Å². The highest BCUT2D eigenvalue weighted by Gasteiger charge is 2.58. The molecule has 1 aliphatic heterocycles. The molecule has 17 heteroatoms. The predicted octanol–water partition coefficient (Wildman–Crippen LogP) is 1.97. The number of nitrogens with one attached hydrogen (secondary N) is 2. The van der Waals surface area contributed by atoms with Gasteiger partial charge in [-0.05, 0) is 19.1 Å². The molecule has 206 valence electrons. The Hall–Kier alpha value is -3.07. The number of alkyl halides is 2. The largest absolute Gasteiger partial charge is 0.468 e. The van der Waals surface area contributed by atoms with Gasteiger partial charge in [0.1, 0.15) is 24.0 Å². The molecule has 1 fully saturated rings. The van der Waals surface area contributed by atoms with Crippen molar-refractivity contribution in [2.75, 3.05) is 31.8 Å². The number of imidazole rings is 1. The van der Waals surface area contributed by atoms with Crippen LogP contribution in [0.1, 0.15) is 13.2 Å². The summed E-state index contributed by atoms with van der Waals surface area (Å²) in [6.07, 6.45) is -3.79. The molecule has 0 spiro atoms. The summed E-state index contributed by atoms with van der Waals surface area (Å²) in [6, 6.07) is 6.90. The number of aliphatic hydroxyl groups is 1. The Morgan fingerprint density at radius 1 is 1.39 bits per heavy atom. The molecular weight excluding hydrogens is 548 g/mol. The van der Waals surface area contributed by atoms with Crippen molar-refractivity contribution in [3.63, 3.8) is 0 Å². The molecule has 0 aliphatic carbocycles. The maximum Gasteiger partial charge on any atom is 0.459 e. The number of aromatic nitrogens is 4. The van der Waals surface area contributed by atoms with Crippen LogP contribution in [0.15, 0.2) is 36.7 Å². The van der Waals surface area contributed by atoms with E-state index in [1.54, 1.807) is 25.2 Å². The molecule has 5 N–H and O–H groups in total. The summed E-state index contributed by atoms with van der Waals surface area (Å²) >= 11 is 6.10. The van der Waals surface area contributed by atoms with Crippen molar-refractivity contribution in [3.05, 3.63) is 36.7 Å². The van der Waals surface area contributed by atoms with Crippen LogP contribution in [-0.2, 0) is 23.4 Å². The second-order valence-corrected chi connectivity index (χ2v) is 10.5. The van der Waals surface area contributed by atoms with Crippen LogP contribution in [0, 0.1) is 0 Å². The van der Waals surface area contributed by atoms with Gasteiger partial charge >= 0.3 is 13.7 Å². The number of esters is 1. The molecule has 0 amide bonds. The van der Waals surface area contributed by atoms with Gasteiger partial charge in [0.05, 0.1) is 20.0 Å². The van der Waals surface area contributed by atoms with Gasteiger partial charge in [0, 0.05) is 7.05 Å². The summed E-state index contributed by atoms with van der Waals surface area (Å²) in [7, 11) is -1.54. The number of nitrogens with zero attached hydrogens (tertiary/aromatic N) is 4. The Kier molecular flexibility index (Phi) is 8.06. The zero-order valence-electron chi connectivity index (χ0n) is 20.4. The summed E-state index contributed by atoms with van der Waals surface area (Å²) < 4.78 is 51.7. The number of hydrogen-bond acceptors (Lipinski definition) is 12. The lowest BCUT2D eigenvalue weighted by Gasteiger charge is -2.24. The van der Waals surface area contributed by atoms with E-state index in [-0.39, 0.29) is 28.7 Å². The molecular formula is C21H26ClFN7O7P. The zero-order chi connectivity index (χ0) is 27.7. The molecule has 0 saturated carbocycles. The van der Waals surface area contributed by atoms with Gasteiger partial charge in [-0.25, -0.2) is 13.9 Å². The van der Waals surface area contributed by atoms with E-state index in [1.165, 1.54) is 25.4 Å². The number of hydrogen-bond donors (Lipinski definition) is 4. The number of para-hydroxylation sites is 1. The number of rotatable bonds is 10. The number of carbonyl (C=O) groups excluding carboxylic acids is 1. The fourth-order valence-electron chi connectivity index (χ4n) is 3.73. The maximum atomic E-state index is 15.6. The van der Waals surface area contributed by atoms with Gasteiger partial charge in [0.2, 0.25) is 5.95 Å². The number of carbonyl (C=O) groups is 1. The van der Waals surface area contributed by atoms with Crippen LogP contribution >= 0.6 is 19.3 Å². The van der Waals surface area contributed by atoms with Crippen molar-refractivity contribution in [2.24, 2.45) is 0 Å². The average Bonchev–Trinajstić information content (AvgIpc) is 3.39. The van der Waals surface area contributed by atoms with E-state index in [1.807, 2.05) is 0 Å². The monoisotopic (exact) mass is 573 g/mol. The normalized spacial score (nSPS) is 25.6. The van der Waals surface area contributed by atoms with Crippen molar-refractivity contribution >= 4 is 48.2 Å². The van der Waals surface area contributed by atoms with Crippen molar-refractivity contribution < 1.29 is 37.4 Å². The predicted molar refractivity (Wildman–Crippen MR) is 134 cm³/mol. The maximum absolute atomic E-state index is 15.6. The third-order valence-electron chi connectivity index (χ3n) is 5.59. The molecule has 0 bridgehead atoms. The molecule has 1 aromatic carbocycles. The summed E-state index contributed by atoms with van der Waals surface area (Å²) in [4.78, 5) is 24.2. The van der Waals surface area contributed by atoms with Crippen molar-refractivity contribution in [1.29, 1.82) is 0 Å². The molecule has 1 aliphatic rings. The second-order valence-electron chi connectivity index (χ2n) is 8.22. The first-order chi connectivity index (χ1) is 18.0. The topological polar surface area (TPSA) is 185 Å². The average molecular weight is 574 g/mol. The molecule has 1 saturated heterocycles. The lowest BCUT2D eigenvalue weighted by molar-refractivity contribution is -0.142. The van der Waals surface area contributed by atoms with Gasteiger partial charge in [-0.15, -0.1) is 0 Å². The number of fused-ring (bicyclic) bond motifs is 1. The minimum absolute atomic E-state index is 0.0925. The van der Waals surface area contributed by atoms with Gasteiger partial charge in [-0.3, -0.25) is 13.9 Å². The van der Waals surface area contributed by atoms with E-state index < -0.39 is 49.9 Å². The number of halogens is 2. The SMILES string of the molecule is CNc1nc(N)nc2c1ncn2[C@@H]1O[C@H](COP(=O)(N[C@@H](C)C(=O)OC)Oc2ccccc2)[C@@H](O)[C@]1(F)Cl. The summed E-state index contributed by atoms with van der Waals surface area (Å²) in [5, 5.41) is 13.1. The molecule has 1 unspecified atom stereocenters. The standard InChI is InChI=1S/C21H26ClFN7O7P/c1-11(18(32)34-3)29-38(33,37-12-7-5-4-6-8-12)35-9-13-15(31)21(22,23)19(36-13)30-10-26-14-16(25-2)27-20(24)28-17(14)30/h4-8,10-11,13,15,19,31H,9H2,1-3H3,(H,29,33)(H3,24,25,27,28)/t11-,13+,15+,19+,21+,38?/m0/s1. The number of ether oxygens (including phenoxy) is 2. The fraction of sp³-hybridized carbons (Fsp3) is 0.429. The lowest BCUT2D eigenvalue weighted by atomic mass is 10.1. The molecule has 4 rings (SSSR count). The highest BCUT2D eigenvalue weighted by molar-refractivity contribution is 7.52. The van der Waals surface area contributed by atoms with Gasteiger partial charge in [0.15, 0.2) is 23.2 Å². The zero-order valence-corrected chi connectivity index (χ0v) is 22.1. The fourth-order valence-corrected chi connectivity index (χ4v) is 5.53. The van der Waals surface area contributed by atoms with E-state index in [9.17, 15) is 14.5 Å². The van der Waals surface area contributed by atoms with Gasteiger partial charge in [0.25, 0.3) is 5.13 Å². The molecule has 0 radical (unpaired) electrons. The molecule has 2 aromatic heterocycles. The molecule has 6 atom stereocenters. The Labute approximate surface area is 221 Å². The summed E-state index contributed by atoms with van der Waals surface area (Å²) in [6.45, 7) is 0.738. The van der Waals surface area contributed by atoms with Crippen LogP contribution in [0.5, 0.6) is 5.75 Å². The van der Waals surface area contributed by atoms with E-state index in [4.69, 9.17) is 31.1 Å². The van der Waals surface area contributed by atoms with E-state index in [0.717, 1.165) is 11.7 Å². The first kappa shape index (κ1) is 28.0. The quantitative estimate of drug-likeness (QED) is 0.157. The smallest absolute Gasteiger partial charge is 0.459 e. The van der Waals surface area contributed by atoms with E-state index in [2.05, 4.69) is 30.1 Å². The number of aliphatic hydroxyl groups excluding tert-OH is 1. The van der Waals surface area contributed by atoms with Crippen molar-refractivity contribution in [3.8, 4) is 5.75 Å². The molecule has 3 aromatic rings. The minimum Gasteiger partial charge on any atom is -0.468 e. The van der Waals surface area contributed by atoms with Crippen molar-refractivity contribution in [2.45, 2.75) is 36.5 Å². The first-order valence-electron chi connectivity index (χ1n) is 11.2. The van der Waals surface area contributed by atoms with Crippen LogP contribution < -0.4 is 20.7 Å². The third-order valence-corrected chi connectivity index (χ3v) is 7.65. The number of anilines is 2. The Balaban J connectivity index is 1.57. The van der Waals surface area contributed by atoms with Gasteiger partial charge in [-0.2, -0.15) is 15.1 Å². The Morgan fingerprint density at radius 3 is 2.76 bits per heavy atom. The number of methoxy groups -OCH3 is 1. The minimum atomic E-state index is -4.29. The Bertz CT molecular complexity index is 1350. The number of nitrogens with two attached hydrogens (primary N) is 1. The van der Waals surface area contributed by atoms with Crippen LogP contribution in [-0.4, -0.2) is 74.7 Å². The van der Waals surface area contributed by atoms with Gasteiger partial charge in [-0.1, -0.05) is 29.8 Å². The summed E-state index contributed by atoms with van der Waals surface area (Å²) in [5.41, 5.74) is 6.10. The highest BCUT2D eigenvalue weighted by atomic mass is 35.5. The molecule has 14 nitrogen and oxygen atoms in total. The van der Waals surface area contributed by atoms with Crippen LogP contribution in [0.2, 0.25) is 0 Å². The number of benzene rings is 1. The van der Waals surface area contributed by atoms with E-state index >= 15 is 4.39 Å². The van der Waals surface area contributed by atoms with Crippen LogP contribution in [0.25, 0.3) is 11.2 Å². The highest BCUT2D eigenvalue weighted by Crippen LogP contribution is 2.49. The third kappa shape index (κ3) is 5.53. The van der Waals surface area contributed by atoms with Crippen LogP contribution in [0.4, 0.5) is 16.2 Å². The lowest BCUT2D eigenvalue weighted by Crippen LogP contribution is -2.39. The second kappa shape index (κ2) is 11.0. The van der Waals surface area contributed by atoms with E-state index in [0.29, 0.717) is 0 Å².